The first-order chi connectivity index (χ1) is 8.58. The Hall–Kier alpha value is -0.940. The zero-order valence-electron chi connectivity index (χ0n) is 11.2. The second-order valence-electron chi connectivity index (χ2n) is 6.02. The molecule has 2 aliphatic rings. The zero-order chi connectivity index (χ0) is 12.8. The summed E-state index contributed by atoms with van der Waals surface area (Å²) in [5, 5.41) is 4.11. The van der Waals surface area contributed by atoms with Crippen LogP contribution >= 0.6 is 0 Å². The summed E-state index contributed by atoms with van der Waals surface area (Å²) in [6.07, 6.45) is 4.18. The Balaban J connectivity index is 1.70. The highest BCUT2D eigenvalue weighted by atomic mass is 16.5. The molecule has 5 nitrogen and oxygen atoms in total. The number of hydrogen-bond acceptors (Lipinski definition) is 5. The van der Waals surface area contributed by atoms with Crippen LogP contribution in [0.5, 0.6) is 0 Å². The topological polar surface area (TPSA) is 68.2 Å². The van der Waals surface area contributed by atoms with E-state index in [0.29, 0.717) is 17.8 Å². The molecule has 18 heavy (non-hydrogen) atoms. The van der Waals surface area contributed by atoms with Crippen LogP contribution < -0.4 is 5.73 Å². The van der Waals surface area contributed by atoms with E-state index in [0.717, 1.165) is 31.8 Å². The maximum Gasteiger partial charge on any atom is 0.229 e. The third-order valence-corrected chi connectivity index (χ3v) is 4.23. The molecule has 0 radical (unpaired) electrons. The number of piperidine rings is 1. The lowest BCUT2D eigenvalue weighted by Crippen LogP contribution is -2.50. The SMILES string of the molecule is CC(C)N1CCC(N)(c2noc(C3CC3)n2)CC1. The van der Waals surface area contributed by atoms with E-state index in [1.54, 1.807) is 0 Å². The van der Waals surface area contributed by atoms with Crippen molar-refractivity contribution < 1.29 is 4.52 Å². The first-order valence-electron chi connectivity index (χ1n) is 6.95. The molecule has 5 heteroatoms. The van der Waals surface area contributed by atoms with Gasteiger partial charge in [0.15, 0.2) is 5.82 Å². The van der Waals surface area contributed by atoms with Crippen molar-refractivity contribution >= 4 is 0 Å². The largest absolute Gasteiger partial charge is 0.339 e. The van der Waals surface area contributed by atoms with Crippen molar-refractivity contribution in [3.8, 4) is 0 Å². The van der Waals surface area contributed by atoms with Crippen molar-refractivity contribution in [2.75, 3.05) is 13.1 Å². The summed E-state index contributed by atoms with van der Waals surface area (Å²) in [5.41, 5.74) is 6.08. The van der Waals surface area contributed by atoms with Crippen molar-refractivity contribution in [1.29, 1.82) is 0 Å². The Kier molecular flexibility index (Phi) is 2.90. The molecule has 0 atom stereocenters. The summed E-state index contributed by atoms with van der Waals surface area (Å²) in [6.45, 7) is 6.48. The second-order valence-corrected chi connectivity index (χ2v) is 6.02. The van der Waals surface area contributed by atoms with E-state index in [2.05, 4.69) is 28.9 Å². The van der Waals surface area contributed by atoms with Crippen molar-refractivity contribution in [1.82, 2.24) is 15.0 Å². The van der Waals surface area contributed by atoms with E-state index in [4.69, 9.17) is 10.3 Å². The summed E-state index contributed by atoms with van der Waals surface area (Å²) in [7, 11) is 0. The van der Waals surface area contributed by atoms with Crippen molar-refractivity contribution in [2.24, 2.45) is 5.73 Å². The lowest BCUT2D eigenvalue weighted by Gasteiger charge is -2.39. The maximum absolute atomic E-state index is 6.46. The summed E-state index contributed by atoms with van der Waals surface area (Å²) in [6, 6.07) is 0.585. The molecule has 1 aliphatic heterocycles. The van der Waals surface area contributed by atoms with Crippen LogP contribution in [0.15, 0.2) is 4.52 Å². The molecule has 100 valence electrons. The van der Waals surface area contributed by atoms with E-state index in [1.807, 2.05) is 0 Å². The predicted molar refractivity (Wildman–Crippen MR) is 68.1 cm³/mol. The average Bonchev–Trinajstić information content (AvgIpc) is 3.07. The number of nitrogens with two attached hydrogens (primary N) is 1. The molecule has 3 rings (SSSR count). The fourth-order valence-corrected chi connectivity index (χ4v) is 2.60. The summed E-state index contributed by atoms with van der Waals surface area (Å²) in [4.78, 5) is 6.97. The van der Waals surface area contributed by atoms with Gasteiger partial charge in [-0.1, -0.05) is 5.16 Å². The smallest absolute Gasteiger partial charge is 0.229 e. The molecule has 2 fully saturated rings. The molecule has 2 heterocycles. The van der Waals surface area contributed by atoms with Gasteiger partial charge in [0.1, 0.15) is 0 Å². The molecular formula is C13H22N4O. The van der Waals surface area contributed by atoms with Crippen LogP contribution in [0.4, 0.5) is 0 Å². The molecule has 0 unspecified atom stereocenters. The molecule has 1 aliphatic carbocycles. The van der Waals surface area contributed by atoms with Gasteiger partial charge in [0.25, 0.3) is 0 Å². The minimum atomic E-state index is -0.387. The Morgan fingerprint density at radius 3 is 2.56 bits per heavy atom. The zero-order valence-corrected chi connectivity index (χ0v) is 11.2. The fraction of sp³-hybridized carbons (Fsp3) is 0.846. The highest BCUT2D eigenvalue weighted by Crippen LogP contribution is 2.40. The summed E-state index contributed by atoms with van der Waals surface area (Å²) in [5.74, 6) is 2.01. The van der Waals surface area contributed by atoms with Gasteiger partial charge >= 0.3 is 0 Å². The van der Waals surface area contributed by atoms with E-state index in [9.17, 15) is 0 Å². The normalized spacial score (nSPS) is 24.7. The van der Waals surface area contributed by atoms with Crippen LogP contribution in [0.3, 0.4) is 0 Å². The highest BCUT2D eigenvalue weighted by molar-refractivity contribution is 5.10. The Morgan fingerprint density at radius 2 is 2.00 bits per heavy atom. The standard InChI is InChI=1S/C13H22N4O/c1-9(2)17-7-5-13(14,6-8-17)12-15-11(18-16-12)10-3-4-10/h9-10H,3-8,14H2,1-2H3. The van der Waals surface area contributed by atoms with Gasteiger partial charge in [0.05, 0.1) is 5.54 Å². The van der Waals surface area contributed by atoms with E-state index >= 15 is 0 Å². The van der Waals surface area contributed by atoms with Gasteiger partial charge in [-0.15, -0.1) is 0 Å². The Morgan fingerprint density at radius 1 is 1.33 bits per heavy atom. The second kappa shape index (κ2) is 4.31. The number of nitrogens with zero attached hydrogens (tertiary/aromatic N) is 3. The van der Waals surface area contributed by atoms with Gasteiger partial charge < -0.3 is 15.2 Å². The van der Waals surface area contributed by atoms with Crippen LogP contribution in [0, 0.1) is 0 Å². The summed E-state index contributed by atoms with van der Waals surface area (Å²) < 4.78 is 5.33. The predicted octanol–water partition coefficient (Wildman–Crippen LogP) is 1.61. The molecule has 1 aromatic heterocycles. The first-order valence-corrected chi connectivity index (χ1v) is 6.95. The highest BCUT2D eigenvalue weighted by Gasteiger charge is 2.39. The Labute approximate surface area is 108 Å². The van der Waals surface area contributed by atoms with Crippen LogP contribution in [0.2, 0.25) is 0 Å². The van der Waals surface area contributed by atoms with E-state index in [-0.39, 0.29) is 5.54 Å². The van der Waals surface area contributed by atoms with Gasteiger partial charge in [0, 0.05) is 25.0 Å². The number of hydrogen-bond donors (Lipinski definition) is 1. The molecule has 1 aromatic rings. The molecule has 2 N–H and O–H groups in total. The van der Waals surface area contributed by atoms with Crippen molar-refractivity contribution in [3.05, 3.63) is 11.7 Å². The minimum absolute atomic E-state index is 0.387. The molecule has 0 bridgehead atoms. The van der Waals surface area contributed by atoms with Crippen LogP contribution in [-0.4, -0.2) is 34.2 Å². The number of likely N-dealkylation sites (tertiary alicyclic amines) is 1. The van der Waals surface area contributed by atoms with Gasteiger partial charge in [-0.2, -0.15) is 4.98 Å². The average molecular weight is 250 g/mol. The quantitative estimate of drug-likeness (QED) is 0.882. The monoisotopic (exact) mass is 250 g/mol. The van der Waals surface area contributed by atoms with Crippen LogP contribution in [-0.2, 0) is 5.54 Å². The first kappa shape index (κ1) is 12.1. The third kappa shape index (κ3) is 2.17. The van der Waals surface area contributed by atoms with Crippen LogP contribution in [0.25, 0.3) is 0 Å². The van der Waals surface area contributed by atoms with Crippen molar-refractivity contribution in [2.45, 2.75) is 57.0 Å². The van der Waals surface area contributed by atoms with E-state index in [1.165, 1.54) is 12.8 Å². The number of aromatic nitrogens is 2. The number of rotatable bonds is 3. The van der Waals surface area contributed by atoms with Crippen molar-refractivity contribution in [3.63, 3.8) is 0 Å². The minimum Gasteiger partial charge on any atom is -0.339 e. The molecule has 0 spiro atoms. The third-order valence-electron chi connectivity index (χ3n) is 4.23. The van der Waals surface area contributed by atoms with Gasteiger partial charge in [-0.3, -0.25) is 0 Å². The molecule has 1 saturated carbocycles. The van der Waals surface area contributed by atoms with E-state index < -0.39 is 0 Å². The molecule has 0 amide bonds. The lowest BCUT2D eigenvalue weighted by molar-refractivity contribution is 0.125. The lowest BCUT2D eigenvalue weighted by atomic mass is 9.87. The molecule has 0 aromatic carbocycles. The Bertz CT molecular complexity index is 416. The fourth-order valence-electron chi connectivity index (χ4n) is 2.60. The van der Waals surface area contributed by atoms with Gasteiger partial charge in [0.2, 0.25) is 5.89 Å². The van der Waals surface area contributed by atoms with Gasteiger partial charge in [-0.25, -0.2) is 0 Å². The molecule has 1 saturated heterocycles. The summed E-state index contributed by atoms with van der Waals surface area (Å²) >= 11 is 0. The van der Waals surface area contributed by atoms with Crippen LogP contribution in [0.1, 0.15) is 57.2 Å². The van der Waals surface area contributed by atoms with Gasteiger partial charge in [-0.05, 0) is 39.5 Å². The maximum atomic E-state index is 6.46. The molecular weight excluding hydrogens is 228 g/mol.